The van der Waals surface area contributed by atoms with Gasteiger partial charge in [-0.05, 0) is 25.0 Å². The van der Waals surface area contributed by atoms with Crippen LogP contribution in [0.25, 0.3) is 11.2 Å². The predicted molar refractivity (Wildman–Crippen MR) is 89.2 cm³/mol. The zero-order chi connectivity index (χ0) is 17.4. The highest BCUT2D eigenvalue weighted by atomic mass is 16.5. The molecule has 2 aromatic heterocycles. The number of methoxy groups -OCH3 is 1. The van der Waals surface area contributed by atoms with Crippen LogP contribution in [0.15, 0.2) is 24.5 Å². The number of ether oxygens (including phenoxy) is 2. The number of imidazole rings is 1. The largest absolute Gasteiger partial charge is 0.504 e. The van der Waals surface area contributed by atoms with Crippen molar-refractivity contribution in [1.29, 1.82) is 0 Å². The van der Waals surface area contributed by atoms with Crippen LogP contribution in [0, 0.1) is 0 Å². The number of fused-ring (bicyclic) bond motifs is 1. The molecule has 1 aliphatic rings. The molecule has 3 heterocycles. The molecule has 1 aromatic carbocycles. The van der Waals surface area contributed by atoms with Gasteiger partial charge in [0, 0.05) is 18.4 Å². The molecular weight excluding hydrogens is 326 g/mol. The Balaban J connectivity index is 1.73. The summed E-state index contributed by atoms with van der Waals surface area (Å²) in [6, 6.07) is 4.48. The van der Waals surface area contributed by atoms with Crippen LogP contribution in [-0.2, 0) is 4.74 Å². The third-order valence-electron chi connectivity index (χ3n) is 4.07. The molecule has 1 atom stereocenters. The average Bonchev–Trinajstić information content (AvgIpc) is 3.24. The molecule has 25 heavy (non-hydrogen) atoms. The summed E-state index contributed by atoms with van der Waals surface area (Å²) in [6.07, 6.45) is 3.33. The molecule has 0 spiro atoms. The van der Waals surface area contributed by atoms with Crippen molar-refractivity contribution < 1.29 is 19.7 Å². The molecule has 130 valence electrons. The van der Waals surface area contributed by atoms with Crippen LogP contribution in [0.3, 0.4) is 0 Å². The van der Waals surface area contributed by atoms with E-state index in [1.807, 2.05) is 0 Å². The van der Waals surface area contributed by atoms with E-state index in [0.29, 0.717) is 35.0 Å². The molecule has 1 unspecified atom stereocenters. The first-order valence-corrected chi connectivity index (χ1v) is 7.85. The summed E-state index contributed by atoms with van der Waals surface area (Å²) < 4.78 is 12.5. The Morgan fingerprint density at radius 3 is 2.92 bits per heavy atom. The summed E-state index contributed by atoms with van der Waals surface area (Å²) in [6.45, 7) is 0.692. The van der Waals surface area contributed by atoms with E-state index in [4.69, 9.17) is 9.47 Å². The Bertz CT molecular complexity index is 920. The Kier molecular flexibility index (Phi) is 3.77. The van der Waals surface area contributed by atoms with E-state index in [1.54, 1.807) is 23.0 Å². The lowest BCUT2D eigenvalue weighted by molar-refractivity contribution is 0.0592. The van der Waals surface area contributed by atoms with Gasteiger partial charge in [-0.25, -0.2) is 4.98 Å². The lowest BCUT2D eigenvalue weighted by atomic mass is 10.2. The second kappa shape index (κ2) is 6.10. The topological polar surface area (TPSA) is 115 Å². The normalized spacial score (nSPS) is 17.1. The van der Waals surface area contributed by atoms with Gasteiger partial charge in [-0.1, -0.05) is 0 Å². The van der Waals surface area contributed by atoms with E-state index in [-0.39, 0.29) is 18.0 Å². The fraction of sp³-hybridized carbons (Fsp3) is 0.312. The molecule has 3 aromatic rings. The highest BCUT2D eigenvalue weighted by molar-refractivity contribution is 5.86. The van der Waals surface area contributed by atoms with Crippen LogP contribution in [0.1, 0.15) is 19.1 Å². The molecule has 1 fully saturated rings. The lowest BCUT2D eigenvalue weighted by Gasteiger charge is -2.12. The summed E-state index contributed by atoms with van der Waals surface area (Å²) in [4.78, 5) is 12.4. The van der Waals surface area contributed by atoms with E-state index >= 15 is 0 Å². The van der Waals surface area contributed by atoms with Crippen molar-refractivity contribution in [1.82, 2.24) is 19.5 Å². The minimum Gasteiger partial charge on any atom is -0.504 e. The summed E-state index contributed by atoms with van der Waals surface area (Å²) in [7, 11) is 1.48. The number of nitrogens with one attached hydrogen (secondary N) is 1. The van der Waals surface area contributed by atoms with Gasteiger partial charge < -0.3 is 25.0 Å². The number of hydrogen-bond donors (Lipinski definition) is 3. The standard InChI is InChI=1S/C16H17N5O4/c1-24-11-5-4-9(7-10(11)22)18-14-13-15(20-16(23)19-14)21(8-17-13)12-3-2-6-25-12/h4-5,7-8,12,22H,2-3,6H2,1H3,(H2,18,19,20,23). The number of aromatic hydroxyl groups is 2. The SMILES string of the molecule is COc1ccc(Nc2nc(O)nc3c2ncn3C2CCCO2)cc1O. The van der Waals surface area contributed by atoms with Crippen LogP contribution >= 0.6 is 0 Å². The predicted octanol–water partition coefficient (Wildman–Crippen LogP) is 2.30. The van der Waals surface area contributed by atoms with Crippen molar-refractivity contribution in [3.63, 3.8) is 0 Å². The van der Waals surface area contributed by atoms with Gasteiger partial charge in [-0.3, -0.25) is 4.57 Å². The number of phenols is 1. The quantitative estimate of drug-likeness (QED) is 0.661. The van der Waals surface area contributed by atoms with E-state index in [2.05, 4.69) is 20.3 Å². The van der Waals surface area contributed by atoms with E-state index < -0.39 is 0 Å². The highest BCUT2D eigenvalue weighted by Crippen LogP contribution is 2.33. The maximum Gasteiger partial charge on any atom is 0.318 e. The smallest absolute Gasteiger partial charge is 0.318 e. The summed E-state index contributed by atoms with van der Waals surface area (Å²) >= 11 is 0. The highest BCUT2D eigenvalue weighted by Gasteiger charge is 2.22. The minimum atomic E-state index is -0.368. The van der Waals surface area contributed by atoms with Crippen molar-refractivity contribution in [3.05, 3.63) is 24.5 Å². The number of aromatic nitrogens is 4. The first-order valence-electron chi connectivity index (χ1n) is 7.85. The molecule has 0 bridgehead atoms. The summed E-state index contributed by atoms with van der Waals surface area (Å²) in [5.74, 6) is 0.694. The fourth-order valence-corrected chi connectivity index (χ4v) is 2.89. The third-order valence-corrected chi connectivity index (χ3v) is 4.07. The fourth-order valence-electron chi connectivity index (χ4n) is 2.89. The molecule has 0 amide bonds. The molecule has 0 aliphatic carbocycles. The Hall–Kier alpha value is -3.07. The second-order valence-electron chi connectivity index (χ2n) is 5.68. The van der Waals surface area contributed by atoms with Crippen molar-refractivity contribution >= 4 is 22.7 Å². The number of hydrogen-bond acceptors (Lipinski definition) is 8. The number of phenolic OH excluding ortho intramolecular Hbond substituents is 1. The van der Waals surface area contributed by atoms with Crippen molar-refractivity contribution in [2.75, 3.05) is 19.0 Å². The second-order valence-corrected chi connectivity index (χ2v) is 5.68. The number of rotatable bonds is 4. The minimum absolute atomic E-state index is 0.00749. The van der Waals surface area contributed by atoms with Gasteiger partial charge in [-0.2, -0.15) is 9.97 Å². The van der Waals surface area contributed by atoms with Crippen LogP contribution in [-0.4, -0.2) is 43.4 Å². The zero-order valence-electron chi connectivity index (χ0n) is 13.5. The van der Waals surface area contributed by atoms with Crippen LogP contribution < -0.4 is 10.1 Å². The van der Waals surface area contributed by atoms with Gasteiger partial charge in [0.15, 0.2) is 28.5 Å². The van der Waals surface area contributed by atoms with E-state index in [0.717, 1.165) is 12.8 Å². The number of benzene rings is 1. The zero-order valence-corrected chi connectivity index (χ0v) is 13.5. The molecule has 1 aliphatic heterocycles. The van der Waals surface area contributed by atoms with E-state index in [1.165, 1.54) is 13.2 Å². The molecule has 1 saturated heterocycles. The lowest BCUT2D eigenvalue weighted by Crippen LogP contribution is -2.07. The van der Waals surface area contributed by atoms with Gasteiger partial charge in [-0.15, -0.1) is 0 Å². The average molecular weight is 343 g/mol. The van der Waals surface area contributed by atoms with Crippen LogP contribution in [0.4, 0.5) is 11.5 Å². The molecular formula is C16H17N5O4. The van der Waals surface area contributed by atoms with Gasteiger partial charge in [0.1, 0.15) is 6.23 Å². The Labute approximate surface area is 142 Å². The molecule has 3 N–H and O–H groups in total. The van der Waals surface area contributed by atoms with Gasteiger partial charge in [0.2, 0.25) is 0 Å². The maximum atomic E-state index is 9.90. The summed E-state index contributed by atoms with van der Waals surface area (Å²) in [5.41, 5.74) is 1.56. The van der Waals surface area contributed by atoms with Crippen molar-refractivity contribution in [3.8, 4) is 17.5 Å². The first kappa shape index (κ1) is 15.5. The van der Waals surface area contributed by atoms with Crippen LogP contribution in [0.5, 0.6) is 17.5 Å². The molecule has 9 heteroatoms. The number of anilines is 2. The van der Waals surface area contributed by atoms with E-state index in [9.17, 15) is 10.2 Å². The molecule has 9 nitrogen and oxygen atoms in total. The first-order chi connectivity index (χ1) is 12.2. The Morgan fingerprint density at radius 2 is 2.20 bits per heavy atom. The van der Waals surface area contributed by atoms with Crippen molar-refractivity contribution in [2.24, 2.45) is 0 Å². The van der Waals surface area contributed by atoms with Crippen LogP contribution in [0.2, 0.25) is 0 Å². The summed E-state index contributed by atoms with van der Waals surface area (Å²) in [5, 5.41) is 22.8. The van der Waals surface area contributed by atoms with Gasteiger partial charge in [0.25, 0.3) is 0 Å². The van der Waals surface area contributed by atoms with Gasteiger partial charge >= 0.3 is 6.01 Å². The van der Waals surface area contributed by atoms with Gasteiger partial charge in [0.05, 0.1) is 13.4 Å². The Morgan fingerprint density at radius 1 is 1.32 bits per heavy atom. The molecule has 4 rings (SSSR count). The molecule has 0 radical (unpaired) electrons. The number of nitrogens with zero attached hydrogens (tertiary/aromatic N) is 4. The maximum absolute atomic E-state index is 9.90. The molecule has 0 saturated carbocycles. The monoisotopic (exact) mass is 343 g/mol. The third kappa shape index (κ3) is 2.78. The van der Waals surface area contributed by atoms with Crippen molar-refractivity contribution in [2.45, 2.75) is 19.1 Å².